The molecule has 11 heteroatoms. The van der Waals surface area contributed by atoms with E-state index in [0.717, 1.165) is 11.1 Å². The highest BCUT2D eigenvalue weighted by Crippen LogP contribution is 2.20. The van der Waals surface area contributed by atoms with E-state index in [9.17, 15) is 23.1 Å². The van der Waals surface area contributed by atoms with Crippen LogP contribution >= 0.6 is 0 Å². The molecule has 35 heavy (non-hydrogen) atoms. The molecule has 0 spiro atoms. The van der Waals surface area contributed by atoms with Crippen LogP contribution in [0.5, 0.6) is 0 Å². The van der Waals surface area contributed by atoms with E-state index in [4.69, 9.17) is 0 Å². The largest absolute Gasteiger partial charge is 0.481 e. The number of carbonyl (C=O) groups is 2. The van der Waals surface area contributed by atoms with Gasteiger partial charge in [-0.25, -0.2) is 15.0 Å². The number of H-pyrrole nitrogens is 1. The van der Waals surface area contributed by atoms with Crippen LogP contribution < -0.4 is 0 Å². The van der Waals surface area contributed by atoms with Crippen LogP contribution in [0.15, 0.2) is 77.4 Å². The van der Waals surface area contributed by atoms with Gasteiger partial charge in [-0.15, -0.1) is 0 Å². The fourth-order valence-electron chi connectivity index (χ4n) is 3.42. The van der Waals surface area contributed by atoms with E-state index in [-0.39, 0.29) is 5.56 Å². The first-order chi connectivity index (χ1) is 16.9. The highest BCUT2D eigenvalue weighted by Gasteiger charge is 2.27. The standard InChI is InChI=1S/C24H19N5O5S/c30-23(29(28-35(33)34)15-19(24(31)32)17-5-2-1-3-6-17)18-11-8-16(9-12-18)10-13-21-26-20-7-4-14-25-22(20)27-21/h1-14,19H,15H2,(H,31,32)(H,25,26,27)/t19-/m1/s1. The first-order valence-corrected chi connectivity index (χ1v) is 11.4. The first-order valence-electron chi connectivity index (χ1n) is 10.4. The number of pyridine rings is 1. The van der Waals surface area contributed by atoms with Crippen LogP contribution in [0.25, 0.3) is 23.3 Å². The lowest BCUT2D eigenvalue weighted by Crippen LogP contribution is -2.33. The molecular weight excluding hydrogens is 470 g/mol. The van der Waals surface area contributed by atoms with E-state index in [0.29, 0.717) is 22.0 Å². The number of carboxylic acids is 1. The summed E-state index contributed by atoms with van der Waals surface area (Å²) in [5, 5.41) is 10.3. The molecule has 2 aromatic heterocycles. The minimum atomic E-state index is -2.95. The number of aromatic nitrogens is 3. The minimum absolute atomic E-state index is 0.154. The van der Waals surface area contributed by atoms with Gasteiger partial charge in [0.25, 0.3) is 5.91 Å². The molecule has 0 saturated carbocycles. The number of hydrogen-bond acceptors (Lipinski definition) is 7. The predicted molar refractivity (Wildman–Crippen MR) is 128 cm³/mol. The highest BCUT2D eigenvalue weighted by molar-refractivity contribution is 7.61. The zero-order chi connectivity index (χ0) is 24.8. The number of aliphatic carboxylic acids is 1. The van der Waals surface area contributed by atoms with E-state index in [2.05, 4.69) is 19.4 Å². The number of imidazole rings is 1. The Balaban J connectivity index is 1.53. The van der Waals surface area contributed by atoms with Gasteiger partial charge >= 0.3 is 16.5 Å². The average molecular weight is 490 g/mol. The topological polar surface area (TPSA) is 146 Å². The molecule has 2 aromatic carbocycles. The third-order valence-corrected chi connectivity index (χ3v) is 5.45. The first kappa shape index (κ1) is 23.5. The van der Waals surface area contributed by atoms with Crippen LogP contribution in [-0.4, -0.2) is 51.9 Å². The van der Waals surface area contributed by atoms with Gasteiger partial charge < -0.3 is 10.1 Å². The van der Waals surface area contributed by atoms with Gasteiger partial charge in [0.2, 0.25) is 0 Å². The maximum absolute atomic E-state index is 13.0. The van der Waals surface area contributed by atoms with E-state index in [1.165, 1.54) is 12.1 Å². The maximum Gasteiger partial charge on any atom is 0.333 e. The Morgan fingerprint density at radius 3 is 2.43 bits per heavy atom. The molecule has 0 aliphatic heterocycles. The zero-order valence-electron chi connectivity index (χ0n) is 18.1. The third-order valence-electron chi connectivity index (χ3n) is 5.12. The van der Waals surface area contributed by atoms with Gasteiger partial charge in [0.05, 0.1) is 12.1 Å². The van der Waals surface area contributed by atoms with Crippen molar-refractivity contribution in [2.75, 3.05) is 6.54 Å². The van der Waals surface area contributed by atoms with Gasteiger partial charge in [0.1, 0.15) is 11.7 Å². The molecule has 0 aliphatic carbocycles. The van der Waals surface area contributed by atoms with Crippen LogP contribution in [0.1, 0.15) is 33.2 Å². The number of carbonyl (C=O) groups excluding carboxylic acids is 1. The molecular formula is C24H19N5O5S. The second-order valence-corrected chi connectivity index (χ2v) is 8.04. The summed E-state index contributed by atoms with van der Waals surface area (Å²) in [6.45, 7) is -0.450. The maximum atomic E-state index is 13.0. The molecule has 1 atom stereocenters. The van der Waals surface area contributed by atoms with E-state index < -0.39 is 34.8 Å². The molecule has 2 heterocycles. The summed E-state index contributed by atoms with van der Waals surface area (Å²) in [7, 11) is -2.95. The molecule has 0 fully saturated rings. The van der Waals surface area contributed by atoms with Crippen molar-refractivity contribution in [2.24, 2.45) is 4.47 Å². The molecule has 2 N–H and O–H groups in total. The smallest absolute Gasteiger partial charge is 0.333 e. The molecule has 0 saturated heterocycles. The zero-order valence-corrected chi connectivity index (χ0v) is 19.0. The summed E-state index contributed by atoms with van der Waals surface area (Å²) < 4.78 is 25.8. The Hall–Kier alpha value is -4.64. The molecule has 1 amide bonds. The monoisotopic (exact) mass is 489 g/mol. The van der Waals surface area contributed by atoms with Crippen molar-refractivity contribution in [3.63, 3.8) is 0 Å². The minimum Gasteiger partial charge on any atom is -0.481 e. The van der Waals surface area contributed by atoms with Gasteiger partial charge in [-0.3, -0.25) is 9.59 Å². The third kappa shape index (κ3) is 5.84. The van der Waals surface area contributed by atoms with Crippen LogP contribution in [0.4, 0.5) is 0 Å². The van der Waals surface area contributed by atoms with Crippen molar-refractivity contribution in [3.8, 4) is 0 Å². The molecule has 0 aliphatic rings. The number of carboxylic acid groups (broad SMARTS) is 1. The normalized spacial score (nSPS) is 11.9. The summed E-state index contributed by atoms with van der Waals surface area (Å²) in [5.74, 6) is -2.49. The van der Waals surface area contributed by atoms with Gasteiger partial charge in [-0.1, -0.05) is 48.5 Å². The van der Waals surface area contributed by atoms with Crippen LogP contribution in [0.3, 0.4) is 0 Å². The van der Waals surface area contributed by atoms with Crippen molar-refractivity contribution < 1.29 is 23.1 Å². The number of aromatic amines is 1. The molecule has 0 unspecified atom stereocenters. The quantitative estimate of drug-likeness (QED) is 0.361. The van der Waals surface area contributed by atoms with E-state index in [1.807, 2.05) is 6.07 Å². The number of fused-ring (bicyclic) bond motifs is 1. The van der Waals surface area contributed by atoms with Gasteiger partial charge in [0.15, 0.2) is 5.65 Å². The highest BCUT2D eigenvalue weighted by atomic mass is 32.2. The van der Waals surface area contributed by atoms with E-state index in [1.54, 1.807) is 66.9 Å². The van der Waals surface area contributed by atoms with Gasteiger partial charge in [0, 0.05) is 11.8 Å². The van der Waals surface area contributed by atoms with Gasteiger partial charge in [-0.05, 0) is 45.9 Å². The fraction of sp³-hybridized carbons (Fsp3) is 0.0833. The lowest BCUT2D eigenvalue weighted by Gasteiger charge is -2.20. The summed E-state index contributed by atoms with van der Waals surface area (Å²) in [6, 6.07) is 18.3. The molecule has 4 rings (SSSR count). The summed E-state index contributed by atoms with van der Waals surface area (Å²) >= 11 is 0. The lowest BCUT2D eigenvalue weighted by atomic mass is 9.99. The number of nitrogens with one attached hydrogen (secondary N) is 1. The van der Waals surface area contributed by atoms with E-state index >= 15 is 0 Å². The van der Waals surface area contributed by atoms with Crippen molar-refractivity contribution in [1.82, 2.24) is 20.0 Å². The Morgan fingerprint density at radius 2 is 1.77 bits per heavy atom. The lowest BCUT2D eigenvalue weighted by molar-refractivity contribution is -0.139. The van der Waals surface area contributed by atoms with Crippen molar-refractivity contribution >= 4 is 45.7 Å². The fourth-order valence-corrected chi connectivity index (χ4v) is 3.72. The SMILES string of the molecule is O=C(O)[C@H](CN(N=S(=O)=O)C(=O)c1ccc(C=Cc2nc3ncccc3[nH]2)cc1)c1ccccc1. The van der Waals surface area contributed by atoms with Crippen molar-refractivity contribution in [2.45, 2.75) is 5.92 Å². The molecule has 0 bridgehead atoms. The summed E-state index contributed by atoms with van der Waals surface area (Å²) in [5.41, 5.74) is 2.75. The van der Waals surface area contributed by atoms with Gasteiger partial charge in [-0.2, -0.15) is 8.42 Å². The molecule has 10 nitrogen and oxygen atoms in total. The number of rotatable bonds is 8. The number of benzene rings is 2. The average Bonchev–Trinajstić information content (AvgIpc) is 3.28. The van der Waals surface area contributed by atoms with Crippen molar-refractivity contribution in [3.05, 3.63) is 95.4 Å². The molecule has 176 valence electrons. The number of nitrogens with zero attached hydrogens (tertiary/aromatic N) is 4. The second kappa shape index (κ2) is 10.5. The molecule has 0 radical (unpaired) electrons. The summed E-state index contributed by atoms with van der Waals surface area (Å²) in [6.07, 6.45) is 5.21. The molecule has 4 aromatic rings. The second-order valence-electron chi connectivity index (χ2n) is 7.44. The van der Waals surface area contributed by atoms with Crippen LogP contribution in [0.2, 0.25) is 0 Å². The summed E-state index contributed by atoms with van der Waals surface area (Å²) in [4.78, 5) is 36.5. The van der Waals surface area contributed by atoms with Crippen molar-refractivity contribution in [1.29, 1.82) is 0 Å². The predicted octanol–water partition coefficient (Wildman–Crippen LogP) is 3.42. The van der Waals surface area contributed by atoms with Crippen LogP contribution in [-0.2, 0) is 15.3 Å². The number of amides is 1. The number of hydrogen-bond donors (Lipinski definition) is 2. The Labute approximate surface area is 201 Å². The Morgan fingerprint density at radius 1 is 1.03 bits per heavy atom. The Bertz CT molecular complexity index is 1490. The Kier molecular flexibility index (Phi) is 7.07. The van der Waals surface area contributed by atoms with Crippen LogP contribution in [0, 0.1) is 0 Å².